The predicted octanol–water partition coefficient (Wildman–Crippen LogP) is 5.77. The molecule has 0 saturated carbocycles. The van der Waals surface area contributed by atoms with Gasteiger partial charge in [-0.1, -0.05) is 36.2 Å². The molecule has 0 fully saturated rings. The number of hydrogen-bond donors (Lipinski definition) is 1. The van der Waals surface area contributed by atoms with Crippen LogP contribution < -0.4 is 5.32 Å². The first kappa shape index (κ1) is 17.6. The minimum absolute atomic E-state index is 0.0733. The minimum Gasteiger partial charge on any atom is -0.310 e. The van der Waals surface area contributed by atoms with Crippen molar-refractivity contribution in [1.82, 2.24) is 5.32 Å². The zero-order chi connectivity index (χ0) is 15.2. The molecule has 1 unspecified atom stereocenters. The van der Waals surface area contributed by atoms with Gasteiger partial charge in [0.05, 0.1) is 0 Å². The van der Waals surface area contributed by atoms with Crippen molar-refractivity contribution in [3.05, 3.63) is 33.8 Å². The highest BCUT2D eigenvalue weighted by Crippen LogP contribution is 2.31. The Kier molecular flexibility index (Phi) is 7.13. The van der Waals surface area contributed by atoms with E-state index < -0.39 is 12.6 Å². The topological polar surface area (TPSA) is 12.0 Å². The van der Waals surface area contributed by atoms with Gasteiger partial charge in [0.1, 0.15) is 0 Å². The fraction of sp³-hybridized carbons (Fsp3) is 0.571. The second kappa shape index (κ2) is 8.11. The Morgan fingerprint density at radius 3 is 2.50 bits per heavy atom. The maximum atomic E-state index is 12.2. The fourth-order valence-electron chi connectivity index (χ4n) is 1.98. The van der Waals surface area contributed by atoms with Crippen LogP contribution in [0.4, 0.5) is 13.2 Å². The molecule has 0 aliphatic heterocycles. The number of halogens is 5. The molecule has 1 aromatic carbocycles. The van der Waals surface area contributed by atoms with Gasteiger partial charge in [0, 0.05) is 22.5 Å². The summed E-state index contributed by atoms with van der Waals surface area (Å²) in [7, 11) is 0. The van der Waals surface area contributed by atoms with E-state index in [4.69, 9.17) is 23.2 Å². The van der Waals surface area contributed by atoms with Crippen LogP contribution in [0.15, 0.2) is 18.2 Å². The Morgan fingerprint density at radius 2 is 1.95 bits per heavy atom. The van der Waals surface area contributed by atoms with Gasteiger partial charge in [-0.25, -0.2) is 0 Å². The maximum absolute atomic E-state index is 12.2. The molecular weight excluding hydrogens is 310 g/mol. The van der Waals surface area contributed by atoms with E-state index in [1.807, 2.05) is 6.92 Å². The number of rotatable bonds is 7. The molecule has 1 atom stereocenters. The Balaban J connectivity index is 2.72. The molecule has 1 nitrogen and oxygen atoms in total. The minimum atomic E-state index is -4.11. The third-order valence-electron chi connectivity index (χ3n) is 2.93. The maximum Gasteiger partial charge on any atom is 0.389 e. The van der Waals surface area contributed by atoms with Crippen LogP contribution in [0.1, 0.15) is 44.2 Å². The summed E-state index contributed by atoms with van der Waals surface area (Å²) in [4.78, 5) is 0. The van der Waals surface area contributed by atoms with Crippen molar-refractivity contribution in [2.45, 2.75) is 44.8 Å². The Morgan fingerprint density at radius 1 is 1.25 bits per heavy atom. The van der Waals surface area contributed by atoms with Gasteiger partial charge in [-0.15, -0.1) is 0 Å². The molecule has 0 saturated heterocycles. The summed E-state index contributed by atoms with van der Waals surface area (Å²) in [6, 6.07) is 4.91. The first-order chi connectivity index (χ1) is 9.33. The molecule has 0 aliphatic carbocycles. The number of benzene rings is 1. The van der Waals surface area contributed by atoms with Gasteiger partial charge in [-0.05, 0) is 43.5 Å². The fourth-order valence-corrected chi connectivity index (χ4v) is 2.52. The van der Waals surface area contributed by atoms with Crippen molar-refractivity contribution in [3.63, 3.8) is 0 Å². The quantitative estimate of drug-likeness (QED) is 0.670. The Hall–Kier alpha value is -0.450. The summed E-state index contributed by atoms with van der Waals surface area (Å²) in [5.74, 6) is 0. The van der Waals surface area contributed by atoms with Gasteiger partial charge in [0.15, 0.2) is 0 Å². The molecule has 0 amide bonds. The van der Waals surface area contributed by atoms with Crippen LogP contribution >= 0.6 is 23.2 Å². The second-order valence-corrected chi connectivity index (χ2v) is 5.52. The highest BCUT2D eigenvalue weighted by molar-refractivity contribution is 6.35. The van der Waals surface area contributed by atoms with Crippen molar-refractivity contribution in [2.24, 2.45) is 0 Å². The van der Waals surface area contributed by atoms with Crippen LogP contribution in [0.25, 0.3) is 0 Å². The molecule has 0 spiro atoms. The summed E-state index contributed by atoms with van der Waals surface area (Å²) >= 11 is 12.0. The lowest BCUT2D eigenvalue weighted by atomic mass is 10.0. The molecule has 6 heteroatoms. The van der Waals surface area contributed by atoms with E-state index in [1.54, 1.807) is 18.2 Å². The number of hydrogen-bond acceptors (Lipinski definition) is 1. The van der Waals surface area contributed by atoms with Crippen LogP contribution in [0.3, 0.4) is 0 Å². The number of alkyl halides is 3. The molecule has 1 aromatic rings. The number of nitrogens with one attached hydrogen (secondary N) is 1. The predicted molar refractivity (Wildman–Crippen MR) is 77.4 cm³/mol. The third kappa shape index (κ3) is 6.33. The van der Waals surface area contributed by atoms with Crippen molar-refractivity contribution in [3.8, 4) is 0 Å². The van der Waals surface area contributed by atoms with Gasteiger partial charge in [0.2, 0.25) is 0 Å². The second-order valence-electron chi connectivity index (χ2n) is 4.68. The first-order valence-electron chi connectivity index (χ1n) is 6.58. The lowest BCUT2D eigenvalue weighted by molar-refractivity contribution is -0.135. The molecule has 0 bridgehead atoms. The normalized spacial score (nSPS) is 13.5. The summed E-state index contributed by atoms with van der Waals surface area (Å²) in [6.45, 7) is 2.74. The summed E-state index contributed by atoms with van der Waals surface area (Å²) in [5, 5.41) is 4.24. The van der Waals surface area contributed by atoms with Gasteiger partial charge in [-0.2, -0.15) is 13.2 Å². The van der Waals surface area contributed by atoms with E-state index in [-0.39, 0.29) is 12.5 Å². The molecule has 1 N–H and O–H groups in total. The van der Waals surface area contributed by atoms with E-state index >= 15 is 0 Å². The van der Waals surface area contributed by atoms with Crippen molar-refractivity contribution < 1.29 is 13.2 Å². The van der Waals surface area contributed by atoms with E-state index in [0.717, 1.165) is 18.5 Å². The molecule has 1 rings (SSSR count). The highest BCUT2D eigenvalue weighted by Gasteiger charge is 2.27. The third-order valence-corrected chi connectivity index (χ3v) is 3.49. The smallest absolute Gasteiger partial charge is 0.310 e. The molecule has 0 aliphatic rings. The lowest BCUT2D eigenvalue weighted by Crippen LogP contribution is -2.23. The van der Waals surface area contributed by atoms with Crippen LogP contribution in [-0.2, 0) is 0 Å². The van der Waals surface area contributed by atoms with E-state index in [9.17, 15) is 13.2 Å². The molecule has 114 valence electrons. The molecule has 20 heavy (non-hydrogen) atoms. The van der Waals surface area contributed by atoms with Gasteiger partial charge >= 0.3 is 6.18 Å². The first-order valence-corrected chi connectivity index (χ1v) is 7.34. The molecule has 0 radical (unpaired) electrons. The molecular formula is C14H18Cl2F3N. The zero-order valence-corrected chi connectivity index (χ0v) is 12.7. The van der Waals surface area contributed by atoms with Crippen molar-refractivity contribution in [2.75, 3.05) is 6.54 Å². The summed E-state index contributed by atoms with van der Waals surface area (Å²) < 4.78 is 36.7. The van der Waals surface area contributed by atoms with Crippen molar-refractivity contribution >= 4 is 23.2 Å². The zero-order valence-electron chi connectivity index (χ0n) is 11.2. The monoisotopic (exact) mass is 327 g/mol. The molecule has 0 heterocycles. The van der Waals surface area contributed by atoms with Crippen LogP contribution in [0.2, 0.25) is 10.0 Å². The average molecular weight is 328 g/mol. The van der Waals surface area contributed by atoms with Crippen LogP contribution in [0.5, 0.6) is 0 Å². The SMILES string of the molecule is CCCNC(CCCC(F)(F)F)c1ccc(Cl)cc1Cl. The lowest BCUT2D eigenvalue weighted by Gasteiger charge is -2.20. The molecule has 0 aromatic heterocycles. The van der Waals surface area contributed by atoms with E-state index in [1.165, 1.54) is 0 Å². The van der Waals surface area contributed by atoms with Gasteiger partial charge < -0.3 is 5.32 Å². The van der Waals surface area contributed by atoms with E-state index in [2.05, 4.69) is 5.32 Å². The van der Waals surface area contributed by atoms with Gasteiger partial charge in [0.25, 0.3) is 0 Å². The standard InChI is InChI=1S/C14H18Cl2F3N/c1-2-8-20-13(4-3-7-14(17,18)19)11-6-5-10(15)9-12(11)16/h5-6,9,13,20H,2-4,7-8H2,1H3. The highest BCUT2D eigenvalue weighted by atomic mass is 35.5. The van der Waals surface area contributed by atoms with Crippen LogP contribution in [-0.4, -0.2) is 12.7 Å². The van der Waals surface area contributed by atoms with Crippen LogP contribution in [0, 0.1) is 0 Å². The largest absolute Gasteiger partial charge is 0.389 e. The average Bonchev–Trinajstić information content (AvgIpc) is 2.33. The van der Waals surface area contributed by atoms with Crippen molar-refractivity contribution in [1.29, 1.82) is 0 Å². The Bertz CT molecular complexity index is 421. The summed E-state index contributed by atoms with van der Waals surface area (Å²) in [5.41, 5.74) is 0.798. The summed E-state index contributed by atoms with van der Waals surface area (Å²) in [6.07, 6.45) is -3.52. The van der Waals surface area contributed by atoms with Gasteiger partial charge in [-0.3, -0.25) is 0 Å². The van der Waals surface area contributed by atoms with E-state index in [0.29, 0.717) is 16.5 Å². The Labute approximate surface area is 127 Å².